The molecule has 8 nitrogen and oxygen atoms in total. The summed E-state index contributed by atoms with van der Waals surface area (Å²) in [6, 6.07) is 13.4. The predicted octanol–water partition coefficient (Wildman–Crippen LogP) is 4.10. The van der Waals surface area contributed by atoms with Gasteiger partial charge in [0.05, 0.1) is 6.26 Å². The maximum atomic E-state index is 13.7. The van der Waals surface area contributed by atoms with Crippen LogP contribution in [0.1, 0.15) is 53.6 Å². The predicted molar refractivity (Wildman–Crippen MR) is 160 cm³/mol. The zero-order chi connectivity index (χ0) is 28.9. The number of nitrogens with two attached hydrogens (primary N) is 1. The molecular formula is C30H41ClN4O4S. The van der Waals surface area contributed by atoms with Crippen LogP contribution in [0.25, 0.3) is 0 Å². The first-order chi connectivity index (χ1) is 19.0. The van der Waals surface area contributed by atoms with Crippen molar-refractivity contribution in [2.45, 2.75) is 45.4 Å². The number of hydrogen-bond acceptors (Lipinski definition) is 5. The van der Waals surface area contributed by atoms with Crippen LogP contribution >= 0.6 is 11.6 Å². The number of sulfonamides is 1. The minimum atomic E-state index is -3.24. The van der Waals surface area contributed by atoms with Crippen molar-refractivity contribution in [3.05, 3.63) is 64.2 Å². The number of benzene rings is 2. The van der Waals surface area contributed by atoms with E-state index >= 15 is 0 Å². The summed E-state index contributed by atoms with van der Waals surface area (Å²) >= 11 is 6.43. The van der Waals surface area contributed by atoms with Crippen LogP contribution in [-0.2, 0) is 21.2 Å². The Kier molecular flexibility index (Phi) is 10.3. The monoisotopic (exact) mass is 588 g/mol. The van der Waals surface area contributed by atoms with Gasteiger partial charge in [-0.15, -0.1) is 0 Å². The molecule has 2 fully saturated rings. The fraction of sp³-hybridized carbons (Fsp3) is 0.533. The van der Waals surface area contributed by atoms with Gasteiger partial charge in [-0.2, -0.15) is 0 Å². The van der Waals surface area contributed by atoms with Gasteiger partial charge in [-0.1, -0.05) is 29.8 Å². The van der Waals surface area contributed by atoms with Gasteiger partial charge in [-0.3, -0.25) is 9.59 Å². The van der Waals surface area contributed by atoms with Gasteiger partial charge in [0.2, 0.25) is 21.8 Å². The van der Waals surface area contributed by atoms with E-state index in [4.69, 9.17) is 17.3 Å². The summed E-state index contributed by atoms with van der Waals surface area (Å²) < 4.78 is 25.3. The lowest BCUT2D eigenvalue weighted by Gasteiger charge is -2.35. The molecule has 10 heteroatoms. The molecule has 0 aromatic heterocycles. The molecule has 218 valence electrons. The highest BCUT2D eigenvalue weighted by Gasteiger charge is 2.32. The Balaban J connectivity index is 1.30. The van der Waals surface area contributed by atoms with Crippen molar-refractivity contribution in [1.29, 1.82) is 0 Å². The van der Waals surface area contributed by atoms with E-state index in [2.05, 4.69) is 4.90 Å². The molecule has 2 amide bonds. The molecule has 2 heterocycles. The number of halogens is 1. The summed E-state index contributed by atoms with van der Waals surface area (Å²) in [5.74, 6) is 0.0594. The Bertz CT molecular complexity index is 1290. The molecule has 0 aliphatic carbocycles. The molecule has 0 unspecified atom stereocenters. The van der Waals surface area contributed by atoms with Gasteiger partial charge in [-0.05, 0) is 106 Å². The van der Waals surface area contributed by atoms with E-state index in [1.165, 1.54) is 16.1 Å². The number of carbonyl (C=O) groups excluding carboxylic acids is 2. The standard InChI is InChI=1S/C30H41ClN4O4S/c1-22-4-9-27(21-28(22)31)35(30(37)26-12-18-34(19-13-26)40(2,38)39)15-3-14-33-16-10-24(11-17-33)20-23-5-7-25(8-6-23)29(32)36/h4-9,21,24,26H,3,10-20H2,1-2H3,(H2,32,36). The second-order valence-corrected chi connectivity index (χ2v) is 13.7. The minimum absolute atomic E-state index is 0.0501. The van der Waals surface area contributed by atoms with E-state index in [0.717, 1.165) is 56.6 Å². The van der Waals surface area contributed by atoms with Crippen molar-refractivity contribution >= 4 is 39.1 Å². The van der Waals surface area contributed by atoms with Crippen molar-refractivity contribution < 1.29 is 18.0 Å². The van der Waals surface area contributed by atoms with Crippen molar-refractivity contribution in [1.82, 2.24) is 9.21 Å². The van der Waals surface area contributed by atoms with Gasteiger partial charge in [0.25, 0.3) is 0 Å². The minimum Gasteiger partial charge on any atom is -0.366 e. The molecule has 40 heavy (non-hydrogen) atoms. The quantitative estimate of drug-likeness (QED) is 0.450. The fourth-order valence-electron chi connectivity index (χ4n) is 5.78. The van der Waals surface area contributed by atoms with Gasteiger partial charge in [0.1, 0.15) is 0 Å². The van der Waals surface area contributed by atoms with Crippen molar-refractivity contribution in [3.63, 3.8) is 0 Å². The number of primary amides is 1. The average Bonchev–Trinajstić information content (AvgIpc) is 2.93. The third kappa shape index (κ3) is 8.06. The van der Waals surface area contributed by atoms with Crippen LogP contribution in [0.15, 0.2) is 42.5 Å². The molecule has 2 saturated heterocycles. The van der Waals surface area contributed by atoms with Crippen molar-refractivity contribution in [3.8, 4) is 0 Å². The largest absolute Gasteiger partial charge is 0.366 e. The number of anilines is 1. The van der Waals surface area contributed by atoms with E-state index in [0.29, 0.717) is 49.0 Å². The highest BCUT2D eigenvalue weighted by Crippen LogP contribution is 2.28. The highest BCUT2D eigenvalue weighted by atomic mass is 35.5. The van der Waals surface area contributed by atoms with Gasteiger partial charge < -0.3 is 15.5 Å². The van der Waals surface area contributed by atoms with Gasteiger partial charge in [-0.25, -0.2) is 12.7 Å². The molecule has 2 aliphatic rings. The van der Waals surface area contributed by atoms with Crippen LogP contribution in [0.3, 0.4) is 0 Å². The molecule has 0 saturated carbocycles. The molecule has 4 rings (SSSR count). The van der Waals surface area contributed by atoms with E-state index < -0.39 is 15.9 Å². The molecule has 2 aromatic carbocycles. The zero-order valence-electron chi connectivity index (χ0n) is 23.5. The number of likely N-dealkylation sites (tertiary alicyclic amines) is 1. The lowest BCUT2D eigenvalue weighted by Crippen LogP contribution is -2.45. The summed E-state index contributed by atoms with van der Waals surface area (Å²) in [7, 11) is -3.24. The number of piperidine rings is 2. The first kappa shape index (κ1) is 30.5. The molecule has 2 aliphatic heterocycles. The van der Waals surface area contributed by atoms with Crippen molar-refractivity contribution in [2.24, 2.45) is 17.6 Å². The van der Waals surface area contributed by atoms with Crippen LogP contribution in [-0.4, -0.2) is 75.0 Å². The van der Waals surface area contributed by atoms with Crippen LogP contribution in [0, 0.1) is 18.8 Å². The number of amides is 2. The Hall–Kier alpha value is -2.46. The third-order valence-corrected chi connectivity index (χ3v) is 10.0. The molecule has 0 spiro atoms. The first-order valence-electron chi connectivity index (χ1n) is 14.1. The number of rotatable bonds is 10. The molecule has 0 radical (unpaired) electrons. The summed E-state index contributed by atoms with van der Waals surface area (Å²) in [5.41, 5.74) is 8.88. The number of carbonyl (C=O) groups is 2. The summed E-state index contributed by atoms with van der Waals surface area (Å²) in [4.78, 5) is 29.3. The van der Waals surface area contributed by atoms with E-state index in [9.17, 15) is 18.0 Å². The Morgan fingerprint density at radius 3 is 2.23 bits per heavy atom. The smallest absolute Gasteiger partial charge is 0.248 e. The Labute approximate surface area is 243 Å². The maximum Gasteiger partial charge on any atom is 0.248 e. The normalized spacial score (nSPS) is 18.1. The van der Waals surface area contributed by atoms with Crippen LogP contribution in [0.2, 0.25) is 5.02 Å². The first-order valence-corrected chi connectivity index (χ1v) is 16.4. The Morgan fingerprint density at radius 1 is 1.00 bits per heavy atom. The highest BCUT2D eigenvalue weighted by molar-refractivity contribution is 7.88. The number of hydrogen-bond donors (Lipinski definition) is 1. The van der Waals surface area contributed by atoms with E-state index in [1.807, 2.05) is 42.2 Å². The van der Waals surface area contributed by atoms with Gasteiger partial charge in [0, 0.05) is 41.8 Å². The van der Waals surface area contributed by atoms with Gasteiger partial charge in [0.15, 0.2) is 0 Å². The van der Waals surface area contributed by atoms with Crippen LogP contribution in [0.5, 0.6) is 0 Å². The van der Waals surface area contributed by atoms with Crippen LogP contribution < -0.4 is 10.6 Å². The number of nitrogens with zero attached hydrogens (tertiary/aromatic N) is 3. The van der Waals surface area contributed by atoms with E-state index in [1.54, 1.807) is 12.1 Å². The summed E-state index contributed by atoms with van der Waals surface area (Å²) in [6.45, 7) is 6.26. The third-order valence-electron chi connectivity index (χ3n) is 8.33. The second kappa shape index (κ2) is 13.5. The summed E-state index contributed by atoms with van der Waals surface area (Å²) in [6.07, 6.45) is 6.36. The lowest BCUT2D eigenvalue weighted by molar-refractivity contribution is -0.123. The molecular weight excluding hydrogens is 548 g/mol. The maximum absolute atomic E-state index is 13.7. The molecule has 0 bridgehead atoms. The topological polar surface area (TPSA) is 104 Å². The van der Waals surface area contributed by atoms with Crippen molar-refractivity contribution in [2.75, 3.05) is 50.4 Å². The van der Waals surface area contributed by atoms with Crippen LogP contribution in [0.4, 0.5) is 5.69 Å². The Morgan fingerprint density at radius 2 is 1.65 bits per heavy atom. The molecule has 2 N–H and O–H groups in total. The van der Waals surface area contributed by atoms with Gasteiger partial charge >= 0.3 is 0 Å². The SMILES string of the molecule is Cc1ccc(N(CCCN2CCC(Cc3ccc(C(N)=O)cc3)CC2)C(=O)C2CCN(S(C)(=O)=O)CC2)cc1Cl. The lowest BCUT2D eigenvalue weighted by atomic mass is 9.90. The summed E-state index contributed by atoms with van der Waals surface area (Å²) in [5, 5.41) is 0.633. The van der Waals surface area contributed by atoms with E-state index in [-0.39, 0.29) is 11.8 Å². The fourth-order valence-corrected chi connectivity index (χ4v) is 6.82. The zero-order valence-corrected chi connectivity index (χ0v) is 25.1. The average molecular weight is 589 g/mol. The number of aryl methyl sites for hydroxylation is 1. The second-order valence-electron chi connectivity index (χ2n) is 11.3. The molecule has 0 atom stereocenters. The molecule has 2 aromatic rings.